The number of benzene rings is 1. The Kier molecular flexibility index (Phi) is 4.09. The molecule has 0 saturated heterocycles. The standard InChI is InChI=1S/C12H15FN2O2S/c1-12(2,15)8-18(16,17)7-10-5-3-4-9(6-14)11(10)13/h3-5H,7-8,15H2,1-2H3. The van der Waals surface area contributed by atoms with Crippen LogP contribution in [0.1, 0.15) is 25.0 Å². The first kappa shape index (κ1) is 14.6. The summed E-state index contributed by atoms with van der Waals surface area (Å²) in [7, 11) is -3.51. The van der Waals surface area contributed by atoms with Gasteiger partial charge in [-0.15, -0.1) is 0 Å². The van der Waals surface area contributed by atoms with Crippen molar-refractivity contribution in [3.05, 3.63) is 35.1 Å². The van der Waals surface area contributed by atoms with Crippen LogP contribution in [-0.4, -0.2) is 19.7 Å². The lowest BCUT2D eigenvalue weighted by molar-refractivity contribution is 0.541. The molecule has 0 saturated carbocycles. The highest BCUT2D eigenvalue weighted by Gasteiger charge is 2.24. The predicted molar refractivity (Wildman–Crippen MR) is 66.9 cm³/mol. The molecule has 0 aliphatic carbocycles. The summed E-state index contributed by atoms with van der Waals surface area (Å²) in [6.45, 7) is 3.18. The molecule has 1 aromatic carbocycles. The molecule has 0 aromatic heterocycles. The van der Waals surface area contributed by atoms with E-state index in [4.69, 9.17) is 11.0 Å². The fraction of sp³-hybridized carbons (Fsp3) is 0.417. The predicted octanol–water partition coefficient (Wildman–Crippen LogP) is 1.35. The molecule has 0 radical (unpaired) electrons. The van der Waals surface area contributed by atoms with Crippen LogP contribution >= 0.6 is 0 Å². The van der Waals surface area contributed by atoms with Crippen molar-refractivity contribution >= 4 is 9.84 Å². The summed E-state index contributed by atoms with van der Waals surface area (Å²) in [5, 5.41) is 8.67. The molecule has 4 nitrogen and oxygen atoms in total. The number of hydrogen-bond donors (Lipinski definition) is 1. The summed E-state index contributed by atoms with van der Waals surface area (Å²) >= 11 is 0. The van der Waals surface area contributed by atoms with Gasteiger partial charge >= 0.3 is 0 Å². The van der Waals surface area contributed by atoms with Crippen LogP contribution in [-0.2, 0) is 15.6 Å². The summed E-state index contributed by atoms with van der Waals surface area (Å²) in [4.78, 5) is 0. The van der Waals surface area contributed by atoms with Gasteiger partial charge in [-0.05, 0) is 19.9 Å². The Bertz CT molecular complexity index is 583. The number of nitrogens with two attached hydrogens (primary N) is 1. The molecule has 2 N–H and O–H groups in total. The molecule has 0 unspecified atom stereocenters. The van der Waals surface area contributed by atoms with E-state index in [-0.39, 0.29) is 16.9 Å². The van der Waals surface area contributed by atoms with Crippen LogP contribution in [0.5, 0.6) is 0 Å². The number of rotatable bonds is 4. The van der Waals surface area contributed by atoms with Crippen LogP contribution < -0.4 is 5.73 Å². The molecule has 0 heterocycles. The monoisotopic (exact) mass is 270 g/mol. The molecule has 0 atom stereocenters. The zero-order chi connectivity index (χ0) is 14.0. The van der Waals surface area contributed by atoms with Gasteiger partial charge in [-0.1, -0.05) is 12.1 Å². The summed E-state index contributed by atoms with van der Waals surface area (Å²) in [6.07, 6.45) is 0. The SMILES string of the molecule is CC(C)(N)CS(=O)(=O)Cc1cccc(C#N)c1F. The van der Waals surface area contributed by atoms with Crippen LogP contribution in [0.15, 0.2) is 18.2 Å². The van der Waals surface area contributed by atoms with E-state index in [0.29, 0.717) is 0 Å². The molecule has 0 aliphatic rings. The number of nitriles is 1. The lowest BCUT2D eigenvalue weighted by atomic mass is 10.1. The Morgan fingerprint density at radius 1 is 1.44 bits per heavy atom. The number of hydrogen-bond acceptors (Lipinski definition) is 4. The normalized spacial score (nSPS) is 12.2. The molecule has 98 valence electrons. The van der Waals surface area contributed by atoms with Crippen LogP contribution in [0, 0.1) is 17.1 Å². The molecule has 0 aliphatic heterocycles. The maximum Gasteiger partial charge on any atom is 0.156 e. The molecule has 0 fully saturated rings. The van der Waals surface area contributed by atoms with Crippen LogP contribution in [0.3, 0.4) is 0 Å². The topological polar surface area (TPSA) is 84.0 Å². The first-order valence-corrected chi connectivity index (χ1v) is 7.13. The third-order valence-corrected chi connectivity index (χ3v) is 4.10. The smallest absolute Gasteiger partial charge is 0.156 e. The van der Waals surface area contributed by atoms with Gasteiger partial charge < -0.3 is 5.73 Å². The third-order valence-electron chi connectivity index (χ3n) is 2.17. The lowest BCUT2D eigenvalue weighted by Gasteiger charge is -2.18. The first-order valence-electron chi connectivity index (χ1n) is 5.31. The minimum absolute atomic E-state index is 0.00157. The average Bonchev–Trinajstić information content (AvgIpc) is 2.17. The molecule has 0 bridgehead atoms. The number of sulfone groups is 1. The maximum absolute atomic E-state index is 13.7. The van der Waals surface area contributed by atoms with Crippen molar-refractivity contribution < 1.29 is 12.8 Å². The number of halogens is 1. The van der Waals surface area contributed by atoms with E-state index in [0.717, 1.165) is 0 Å². The zero-order valence-corrected chi connectivity index (χ0v) is 11.1. The van der Waals surface area contributed by atoms with E-state index in [2.05, 4.69) is 0 Å². The van der Waals surface area contributed by atoms with Gasteiger partial charge in [0.1, 0.15) is 11.9 Å². The van der Waals surface area contributed by atoms with Crippen molar-refractivity contribution in [2.45, 2.75) is 25.1 Å². The van der Waals surface area contributed by atoms with E-state index < -0.39 is 26.9 Å². The zero-order valence-electron chi connectivity index (χ0n) is 10.3. The summed E-state index contributed by atoms with van der Waals surface area (Å²) in [5.74, 6) is -1.47. The summed E-state index contributed by atoms with van der Waals surface area (Å²) < 4.78 is 37.4. The summed E-state index contributed by atoms with van der Waals surface area (Å²) in [6, 6.07) is 5.80. The van der Waals surface area contributed by atoms with E-state index in [1.165, 1.54) is 18.2 Å². The Morgan fingerprint density at radius 3 is 2.56 bits per heavy atom. The van der Waals surface area contributed by atoms with Crippen molar-refractivity contribution in [1.82, 2.24) is 0 Å². The molecule has 1 aromatic rings. The van der Waals surface area contributed by atoms with Gasteiger partial charge in [-0.25, -0.2) is 12.8 Å². The van der Waals surface area contributed by atoms with E-state index in [1.54, 1.807) is 19.9 Å². The highest BCUT2D eigenvalue weighted by molar-refractivity contribution is 7.90. The quantitative estimate of drug-likeness (QED) is 0.895. The Balaban J connectivity index is 3.03. The van der Waals surface area contributed by atoms with Crippen molar-refractivity contribution in [2.75, 3.05) is 5.75 Å². The van der Waals surface area contributed by atoms with Gasteiger partial charge in [0.25, 0.3) is 0 Å². The van der Waals surface area contributed by atoms with Crippen LogP contribution in [0.4, 0.5) is 4.39 Å². The van der Waals surface area contributed by atoms with Crippen LogP contribution in [0.25, 0.3) is 0 Å². The molecule has 6 heteroatoms. The van der Waals surface area contributed by atoms with Gasteiger partial charge in [0.2, 0.25) is 0 Å². The van der Waals surface area contributed by atoms with E-state index >= 15 is 0 Å². The molecular formula is C12H15FN2O2S. The van der Waals surface area contributed by atoms with Gasteiger partial charge in [-0.3, -0.25) is 0 Å². The fourth-order valence-electron chi connectivity index (χ4n) is 1.63. The first-order chi connectivity index (χ1) is 8.14. The van der Waals surface area contributed by atoms with Crippen molar-refractivity contribution in [2.24, 2.45) is 5.73 Å². The van der Waals surface area contributed by atoms with Crippen LogP contribution in [0.2, 0.25) is 0 Å². The second-order valence-electron chi connectivity index (χ2n) is 4.91. The van der Waals surface area contributed by atoms with Gasteiger partial charge in [0.05, 0.1) is 17.1 Å². The summed E-state index contributed by atoms with van der Waals surface area (Å²) in [5.41, 5.74) is 4.61. The van der Waals surface area contributed by atoms with E-state index in [1.807, 2.05) is 0 Å². The molecular weight excluding hydrogens is 255 g/mol. The molecule has 0 amide bonds. The Hall–Kier alpha value is -1.45. The highest BCUT2D eigenvalue weighted by atomic mass is 32.2. The second kappa shape index (κ2) is 5.04. The van der Waals surface area contributed by atoms with E-state index in [9.17, 15) is 12.8 Å². The molecule has 1 rings (SSSR count). The molecule has 18 heavy (non-hydrogen) atoms. The van der Waals surface area contributed by atoms with Crippen molar-refractivity contribution in [3.8, 4) is 6.07 Å². The Labute approximate surface area is 106 Å². The third kappa shape index (κ3) is 4.09. The minimum Gasteiger partial charge on any atom is -0.325 e. The molecule has 0 spiro atoms. The highest BCUT2D eigenvalue weighted by Crippen LogP contribution is 2.17. The maximum atomic E-state index is 13.7. The fourth-order valence-corrected chi connectivity index (χ4v) is 3.56. The van der Waals surface area contributed by atoms with Gasteiger partial charge in [0, 0.05) is 11.1 Å². The minimum atomic E-state index is -3.51. The largest absolute Gasteiger partial charge is 0.325 e. The number of nitrogens with zero attached hydrogens (tertiary/aromatic N) is 1. The van der Waals surface area contributed by atoms with Gasteiger partial charge in [-0.2, -0.15) is 5.26 Å². The Morgan fingerprint density at radius 2 is 2.06 bits per heavy atom. The van der Waals surface area contributed by atoms with Crippen molar-refractivity contribution in [3.63, 3.8) is 0 Å². The average molecular weight is 270 g/mol. The second-order valence-corrected chi connectivity index (χ2v) is 6.98. The van der Waals surface area contributed by atoms with Gasteiger partial charge in [0.15, 0.2) is 9.84 Å². The van der Waals surface area contributed by atoms with Crippen molar-refractivity contribution in [1.29, 1.82) is 5.26 Å². The lowest BCUT2D eigenvalue weighted by Crippen LogP contribution is -2.40.